The summed E-state index contributed by atoms with van der Waals surface area (Å²) in [5.74, 6) is -1.40. The van der Waals surface area contributed by atoms with Crippen LogP contribution in [0.4, 0.5) is 17.6 Å². The quantitative estimate of drug-likeness (QED) is 0.849. The molecule has 114 valence electrons. The van der Waals surface area contributed by atoms with Crippen molar-refractivity contribution >= 4 is 11.3 Å². The van der Waals surface area contributed by atoms with Crippen molar-refractivity contribution in [3.63, 3.8) is 0 Å². The Balaban J connectivity index is 2.30. The van der Waals surface area contributed by atoms with Gasteiger partial charge in [-0.15, -0.1) is 0 Å². The molecule has 0 aliphatic heterocycles. The molecule has 21 heavy (non-hydrogen) atoms. The summed E-state index contributed by atoms with van der Waals surface area (Å²) >= 11 is 1.43. The van der Waals surface area contributed by atoms with Gasteiger partial charge < -0.3 is 10.5 Å². The van der Waals surface area contributed by atoms with E-state index < -0.39 is 29.7 Å². The van der Waals surface area contributed by atoms with Crippen molar-refractivity contribution in [1.82, 2.24) is 0 Å². The standard InChI is InChI=1S/C14H13F4NOS/c1-8(19)13(9-4-5-21-7-9)20-10-2-3-12(15)11(6-10)14(16,17)18/h2-8,13H,19H2,1H3. The number of hydrogen-bond donors (Lipinski definition) is 1. The first-order valence-corrected chi connectivity index (χ1v) is 7.04. The molecule has 2 nitrogen and oxygen atoms in total. The maximum atomic E-state index is 13.2. The van der Waals surface area contributed by atoms with Crippen molar-refractivity contribution in [3.8, 4) is 5.75 Å². The number of rotatable bonds is 4. The lowest BCUT2D eigenvalue weighted by molar-refractivity contribution is -0.140. The van der Waals surface area contributed by atoms with Crippen molar-refractivity contribution < 1.29 is 22.3 Å². The Kier molecular flexibility index (Phi) is 4.53. The predicted octanol–water partition coefficient (Wildman–Crippen LogP) is 4.37. The van der Waals surface area contributed by atoms with Gasteiger partial charge in [-0.05, 0) is 41.9 Å². The summed E-state index contributed by atoms with van der Waals surface area (Å²) in [6.45, 7) is 1.69. The van der Waals surface area contributed by atoms with Gasteiger partial charge >= 0.3 is 6.18 Å². The zero-order chi connectivity index (χ0) is 15.6. The van der Waals surface area contributed by atoms with E-state index in [1.807, 2.05) is 10.8 Å². The van der Waals surface area contributed by atoms with Crippen LogP contribution in [0.5, 0.6) is 5.75 Å². The summed E-state index contributed by atoms with van der Waals surface area (Å²) in [5, 5.41) is 3.63. The smallest absolute Gasteiger partial charge is 0.419 e. The maximum absolute atomic E-state index is 13.2. The van der Waals surface area contributed by atoms with Crippen LogP contribution in [-0.4, -0.2) is 6.04 Å². The first-order chi connectivity index (χ1) is 9.79. The number of nitrogens with two attached hydrogens (primary N) is 1. The molecule has 0 fully saturated rings. The number of alkyl halides is 3. The number of ether oxygens (including phenoxy) is 1. The highest BCUT2D eigenvalue weighted by atomic mass is 32.1. The van der Waals surface area contributed by atoms with E-state index in [0.717, 1.165) is 17.7 Å². The first-order valence-electron chi connectivity index (χ1n) is 6.10. The Morgan fingerprint density at radius 3 is 2.48 bits per heavy atom. The normalized spacial score (nSPS) is 14.8. The van der Waals surface area contributed by atoms with Crippen molar-refractivity contribution in [2.24, 2.45) is 5.73 Å². The van der Waals surface area contributed by atoms with Crippen LogP contribution < -0.4 is 10.5 Å². The third kappa shape index (κ3) is 3.74. The fraction of sp³-hybridized carbons (Fsp3) is 0.286. The SMILES string of the molecule is CC(N)C(Oc1ccc(F)c(C(F)(F)F)c1)c1ccsc1. The third-order valence-electron chi connectivity index (χ3n) is 2.86. The van der Waals surface area contributed by atoms with Gasteiger partial charge in [-0.1, -0.05) is 0 Å². The van der Waals surface area contributed by atoms with Gasteiger partial charge in [0.15, 0.2) is 0 Å². The molecule has 2 atom stereocenters. The van der Waals surface area contributed by atoms with Gasteiger partial charge in [-0.25, -0.2) is 4.39 Å². The zero-order valence-electron chi connectivity index (χ0n) is 11.0. The molecule has 0 radical (unpaired) electrons. The summed E-state index contributed by atoms with van der Waals surface area (Å²) in [6.07, 6.45) is -5.36. The van der Waals surface area contributed by atoms with Crippen LogP contribution in [-0.2, 0) is 6.18 Å². The van der Waals surface area contributed by atoms with Crippen LogP contribution in [0, 0.1) is 5.82 Å². The Morgan fingerprint density at radius 2 is 1.95 bits per heavy atom. The number of thiophene rings is 1. The molecule has 2 N–H and O–H groups in total. The molecular weight excluding hydrogens is 306 g/mol. The van der Waals surface area contributed by atoms with E-state index in [-0.39, 0.29) is 5.75 Å². The van der Waals surface area contributed by atoms with Crippen LogP contribution in [0.2, 0.25) is 0 Å². The van der Waals surface area contributed by atoms with Crippen LogP contribution in [0.3, 0.4) is 0 Å². The van der Waals surface area contributed by atoms with E-state index >= 15 is 0 Å². The summed E-state index contributed by atoms with van der Waals surface area (Å²) < 4.78 is 56.8. The van der Waals surface area contributed by atoms with Crippen molar-refractivity contribution in [2.45, 2.75) is 25.2 Å². The highest BCUT2D eigenvalue weighted by Crippen LogP contribution is 2.35. The molecule has 0 aliphatic rings. The summed E-state index contributed by atoms with van der Waals surface area (Å²) in [4.78, 5) is 0. The van der Waals surface area contributed by atoms with E-state index in [2.05, 4.69) is 0 Å². The monoisotopic (exact) mass is 319 g/mol. The molecule has 0 saturated heterocycles. The number of hydrogen-bond acceptors (Lipinski definition) is 3. The molecule has 0 amide bonds. The van der Waals surface area contributed by atoms with Crippen LogP contribution in [0.1, 0.15) is 24.2 Å². The van der Waals surface area contributed by atoms with Crippen molar-refractivity contribution in [2.75, 3.05) is 0 Å². The van der Waals surface area contributed by atoms with Crippen LogP contribution >= 0.6 is 11.3 Å². The molecule has 0 saturated carbocycles. The Hall–Kier alpha value is -1.60. The maximum Gasteiger partial charge on any atom is 0.419 e. The molecule has 1 aromatic carbocycles. The highest BCUT2D eigenvalue weighted by molar-refractivity contribution is 7.07. The van der Waals surface area contributed by atoms with Crippen molar-refractivity contribution in [3.05, 3.63) is 52.0 Å². The van der Waals surface area contributed by atoms with Gasteiger partial charge in [0.1, 0.15) is 17.7 Å². The lowest BCUT2D eigenvalue weighted by Gasteiger charge is -2.22. The second kappa shape index (κ2) is 6.03. The van der Waals surface area contributed by atoms with Gasteiger partial charge in [0.2, 0.25) is 0 Å². The molecule has 0 bridgehead atoms. The highest BCUT2D eigenvalue weighted by Gasteiger charge is 2.34. The average Bonchev–Trinajstić information content (AvgIpc) is 2.89. The molecular formula is C14H13F4NOS. The van der Waals surface area contributed by atoms with E-state index in [0.29, 0.717) is 6.07 Å². The molecule has 2 rings (SSSR count). The second-order valence-electron chi connectivity index (χ2n) is 4.59. The lowest BCUT2D eigenvalue weighted by atomic mass is 10.1. The van der Waals surface area contributed by atoms with E-state index in [1.54, 1.807) is 13.0 Å². The van der Waals surface area contributed by atoms with Crippen LogP contribution in [0.25, 0.3) is 0 Å². The molecule has 0 aliphatic carbocycles. The Labute approximate surface area is 123 Å². The molecule has 1 heterocycles. The lowest BCUT2D eigenvalue weighted by Crippen LogP contribution is -2.28. The molecule has 2 unspecified atom stereocenters. The first kappa shape index (κ1) is 15.8. The fourth-order valence-electron chi connectivity index (χ4n) is 1.86. The third-order valence-corrected chi connectivity index (χ3v) is 3.56. The summed E-state index contributed by atoms with van der Waals surface area (Å²) in [6, 6.07) is 3.90. The predicted molar refractivity (Wildman–Crippen MR) is 72.7 cm³/mol. The zero-order valence-corrected chi connectivity index (χ0v) is 11.8. The molecule has 2 aromatic rings. The van der Waals surface area contributed by atoms with Gasteiger partial charge in [-0.3, -0.25) is 0 Å². The molecule has 7 heteroatoms. The minimum absolute atomic E-state index is 0.0720. The van der Waals surface area contributed by atoms with Crippen molar-refractivity contribution in [1.29, 1.82) is 0 Å². The Morgan fingerprint density at radius 1 is 1.24 bits per heavy atom. The number of benzene rings is 1. The summed E-state index contributed by atoms with van der Waals surface area (Å²) in [7, 11) is 0. The average molecular weight is 319 g/mol. The minimum Gasteiger partial charge on any atom is -0.484 e. The molecule has 1 aromatic heterocycles. The molecule has 0 spiro atoms. The Bertz CT molecular complexity index is 596. The second-order valence-corrected chi connectivity index (χ2v) is 5.37. The fourth-order valence-corrected chi connectivity index (χ4v) is 2.54. The number of halogens is 4. The van der Waals surface area contributed by atoms with Gasteiger partial charge in [0.25, 0.3) is 0 Å². The van der Waals surface area contributed by atoms with E-state index in [1.165, 1.54) is 11.3 Å². The van der Waals surface area contributed by atoms with Crippen LogP contribution in [0.15, 0.2) is 35.0 Å². The van der Waals surface area contributed by atoms with Gasteiger partial charge in [0, 0.05) is 11.6 Å². The van der Waals surface area contributed by atoms with E-state index in [9.17, 15) is 17.6 Å². The van der Waals surface area contributed by atoms with Gasteiger partial charge in [0.05, 0.1) is 5.56 Å². The van der Waals surface area contributed by atoms with E-state index in [4.69, 9.17) is 10.5 Å². The largest absolute Gasteiger partial charge is 0.484 e. The minimum atomic E-state index is -4.77. The topological polar surface area (TPSA) is 35.2 Å². The summed E-state index contributed by atoms with van der Waals surface area (Å²) in [5.41, 5.74) is 5.23. The van der Waals surface area contributed by atoms with Gasteiger partial charge in [-0.2, -0.15) is 24.5 Å².